The summed E-state index contributed by atoms with van der Waals surface area (Å²) in [4.78, 5) is 99.4. The molecule has 0 aliphatic rings. The minimum atomic E-state index is -1.19. The average molecular weight is 757 g/mol. The maximum absolute atomic E-state index is 14.1. The van der Waals surface area contributed by atoms with Gasteiger partial charge in [-0.25, -0.2) is 0 Å². The molecule has 0 unspecified atom stereocenters. The van der Waals surface area contributed by atoms with Gasteiger partial charge < -0.3 is 39.7 Å². The number of methoxy groups -OCH3 is 1. The zero-order chi connectivity index (χ0) is 39.9. The number of nitrogens with one attached hydrogen (secondary N) is 2. The molecule has 2 aromatic rings. The van der Waals surface area contributed by atoms with Crippen LogP contribution in [0.25, 0.3) is 0 Å². The molecule has 0 aliphatic carbocycles. The molecule has 0 aromatic heterocycles. The number of hydrogen-bond acceptors (Lipinski definition) is 14. The smallest absolute Gasteiger partial charge is 0.324 e. The Morgan fingerprint density at radius 1 is 0.667 bits per heavy atom. The monoisotopic (exact) mass is 756 g/mol. The first-order chi connectivity index (χ1) is 25.9. The Hall–Kier alpha value is -5.03. The second kappa shape index (κ2) is 25.1. The lowest BCUT2D eigenvalue weighted by atomic mass is 9.89. The summed E-state index contributed by atoms with van der Waals surface area (Å²) in [6, 6.07) is 12.7. The van der Waals surface area contributed by atoms with Crippen LogP contribution in [-0.2, 0) is 65.6 Å². The molecule has 0 saturated carbocycles. The van der Waals surface area contributed by atoms with Crippen LogP contribution < -0.4 is 22.4 Å². The fourth-order valence-corrected chi connectivity index (χ4v) is 5.66. The van der Waals surface area contributed by atoms with E-state index in [0.717, 1.165) is 0 Å². The minimum Gasteiger partial charge on any atom is -0.508 e. The number of aromatic hydroxyl groups is 1. The molecular formula is C38H52N4O12. The first-order valence-electron chi connectivity index (χ1n) is 17.7. The van der Waals surface area contributed by atoms with E-state index in [1.165, 1.54) is 26.2 Å². The number of carbonyl (C=O) groups is 7. The van der Waals surface area contributed by atoms with E-state index in [-0.39, 0.29) is 69.5 Å². The minimum absolute atomic E-state index is 0.00451. The van der Waals surface area contributed by atoms with Crippen molar-refractivity contribution >= 4 is 41.1 Å². The Kier molecular flexibility index (Phi) is 21.0. The number of nitrogens with two attached hydrogens (primary N) is 2. The van der Waals surface area contributed by atoms with Crippen molar-refractivity contribution in [2.75, 3.05) is 26.9 Å². The summed E-state index contributed by atoms with van der Waals surface area (Å²) in [5.41, 5.74) is 1.39. The number of phenolic OH excluding ortho intramolecular Hbond substituents is 1. The quantitative estimate of drug-likeness (QED) is 0.0643. The summed E-state index contributed by atoms with van der Waals surface area (Å²) in [6.07, 6.45) is -1.06. The van der Waals surface area contributed by atoms with Gasteiger partial charge in [0, 0.05) is 57.7 Å². The summed E-state index contributed by atoms with van der Waals surface area (Å²) in [7, 11) is 1.53. The molecule has 2 amide bonds. The van der Waals surface area contributed by atoms with Gasteiger partial charge in [0.1, 0.15) is 11.5 Å². The predicted molar refractivity (Wildman–Crippen MR) is 194 cm³/mol. The highest BCUT2D eigenvalue weighted by molar-refractivity contribution is 5.95. The van der Waals surface area contributed by atoms with Crippen molar-refractivity contribution in [2.45, 2.75) is 83.2 Å². The van der Waals surface area contributed by atoms with Crippen LogP contribution in [0.4, 0.5) is 0 Å². The number of carbonyl (C=O) groups excluding carboxylic acids is 7. The third-order valence-corrected chi connectivity index (χ3v) is 8.58. The number of Topliss-reactive ketones (excluding diaryl/α,β-unsaturated/α-hetero) is 3. The van der Waals surface area contributed by atoms with E-state index in [0.29, 0.717) is 30.8 Å². The highest BCUT2D eigenvalue weighted by Crippen LogP contribution is 2.20. The highest BCUT2D eigenvalue weighted by atomic mass is 16.7. The fraction of sp³-hybridized carbons (Fsp3) is 0.500. The van der Waals surface area contributed by atoms with Gasteiger partial charge in [-0.3, -0.25) is 28.8 Å². The predicted octanol–water partition coefficient (Wildman–Crippen LogP) is 1.72. The molecule has 16 heteroatoms. The molecular weight excluding hydrogens is 704 g/mol. The number of amides is 2. The van der Waals surface area contributed by atoms with E-state index in [4.69, 9.17) is 21.3 Å². The van der Waals surface area contributed by atoms with Crippen molar-refractivity contribution < 1.29 is 57.8 Å². The molecule has 16 nitrogen and oxygen atoms in total. The second-order valence-corrected chi connectivity index (χ2v) is 12.9. The largest absolute Gasteiger partial charge is 0.508 e. The molecule has 0 aliphatic heterocycles. The van der Waals surface area contributed by atoms with Gasteiger partial charge in [-0.05, 0) is 62.3 Å². The van der Waals surface area contributed by atoms with E-state index >= 15 is 0 Å². The highest BCUT2D eigenvalue weighted by Gasteiger charge is 2.32. The van der Waals surface area contributed by atoms with Gasteiger partial charge in [-0.2, -0.15) is 11.8 Å². The van der Waals surface area contributed by atoms with Gasteiger partial charge in [0.2, 0.25) is 11.8 Å². The van der Waals surface area contributed by atoms with Gasteiger partial charge in [-0.15, -0.1) is 0 Å². The van der Waals surface area contributed by atoms with Crippen molar-refractivity contribution in [3.63, 3.8) is 0 Å². The number of rotatable bonds is 27. The van der Waals surface area contributed by atoms with Crippen molar-refractivity contribution in [2.24, 2.45) is 23.6 Å². The van der Waals surface area contributed by atoms with E-state index < -0.39 is 65.7 Å². The van der Waals surface area contributed by atoms with E-state index in [2.05, 4.69) is 20.3 Å². The zero-order valence-corrected chi connectivity index (χ0v) is 30.8. The van der Waals surface area contributed by atoms with Crippen molar-refractivity contribution in [1.82, 2.24) is 10.6 Å². The fourth-order valence-electron chi connectivity index (χ4n) is 5.66. The summed E-state index contributed by atoms with van der Waals surface area (Å²) in [5, 5.41) is 15.1. The van der Waals surface area contributed by atoms with Crippen molar-refractivity contribution in [3.8, 4) is 5.75 Å². The van der Waals surface area contributed by atoms with Gasteiger partial charge >= 0.3 is 11.9 Å². The molecule has 54 heavy (non-hydrogen) atoms. The molecule has 7 N–H and O–H groups in total. The van der Waals surface area contributed by atoms with E-state index in [9.17, 15) is 38.7 Å². The molecule has 4 atom stereocenters. The van der Waals surface area contributed by atoms with Crippen LogP contribution in [0.15, 0.2) is 54.6 Å². The average Bonchev–Trinajstić information content (AvgIpc) is 3.16. The SMILES string of the molecule is COCCOCCCC(=O)[C@@H](CCC(=O)ON)NC(=O)[C@@H](CCC(=O)ON)CC(=O)[C@@H](Cc1ccccc1)NC(=O)[C@H](CC(C)=O)Cc1ccc(O)cc1. The van der Waals surface area contributed by atoms with Gasteiger partial charge in [0.15, 0.2) is 11.6 Å². The van der Waals surface area contributed by atoms with Crippen molar-refractivity contribution in [1.29, 1.82) is 0 Å². The molecule has 0 heterocycles. The van der Waals surface area contributed by atoms with Crippen LogP contribution in [0.5, 0.6) is 5.75 Å². The number of benzene rings is 2. The topological polar surface area (TPSA) is 253 Å². The molecule has 0 radical (unpaired) electrons. The molecule has 0 spiro atoms. The number of ketones is 3. The zero-order valence-electron chi connectivity index (χ0n) is 30.8. The Morgan fingerprint density at radius 2 is 1.26 bits per heavy atom. The summed E-state index contributed by atoms with van der Waals surface area (Å²) < 4.78 is 10.3. The molecule has 296 valence electrons. The van der Waals surface area contributed by atoms with Crippen LogP contribution in [0.3, 0.4) is 0 Å². The Labute approximate surface area is 314 Å². The Bertz CT molecular complexity index is 1520. The third kappa shape index (κ3) is 17.7. The van der Waals surface area contributed by atoms with Gasteiger partial charge in [0.25, 0.3) is 0 Å². The Balaban J connectivity index is 2.34. The number of hydrogen-bond donors (Lipinski definition) is 5. The molecule has 0 fully saturated rings. The normalized spacial score (nSPS) is 13.1. The van der Waals surface area contributed by atoms with Crippen LogP contribution in [0.2, 0.25) is 0 Å². The lowest BCUT2D eigenvalue weighted by Crippen LogP contribution is -2.48. The lowest BCUT2D eigenvalue weighted by Gasteiger charge is -2.25. The van der Waals surface area contributed by atoms with Gasteiger partial charge in [0.05, 0.1) is 25.3 Å². The van der Waals surface area contributed by atoms with E-state index in [1.807, 2.05) is 0 Å². The van der Waals surface area contributed by atoms with Gasteiger partial charge in [-0.1, -0.05) is 42.5 Å². The maximum atomic E-state index is 14.1. The summed E-state index contributed by atoms with van der Waals surface area (Å²) in [6.45, 7) is 2.30. The number of ether oxygens (including phenoxy) is 2. The summed E-state index contributed by atoms with van der Waals surface area (Å²) >= 11 is 0. The van der Waals surface area contributed by atoms with Crippen molar-refractivity contribution in [3.05, 3.63) is 65.7 Å². The van der Waals surface area contributed by atoms with E-state index in [1.54, 1.807) is 42.5 Å². The lowest BCUT2D eigenvalue weighted by molar-refractivity contribution is -0.146. The van der Waals surface area contributed by atoms with Crippen LogP contribution in [0.1, 0.15) is 69.4 Å². The maximum Gasteiger partial charge on any atom is 0.324 e. The molecule has 2 rings (SSSR count). The molecule has 2 aromatic carbocycles. The summed E-state index contributed by atoms with van der Waals surface area (Å²) in [5.74, 6) is 3.80. The van der Waals surface area contributed by atoms with Crippen LogP contribution in [0, 0.1) is 11.8 Å². The Morgan fingerprint density at radius 3 is 1.87 bits per heavy atom. The second-order valence-electron chi connectivity index (χ2n) is 12.9. The van der Waals surface area contributed by atoms with Crippen LogP contribution in [-0.4, -0.2) is 85.2 Å². The van der Waals surface area contributed by atoms with Crippen LogP contribution >= 0.6 is 0 Å². The molecule has 0 bridgehead atoms. The first kappa shape index (κ1) is 45.1. The molecule has 0 saturated heterocycles. The first-order valence-corrected chi connectivity index (χ1v) is 17.7. The third-order valence-electron chi connectivity index (χ3n) is 8.58. The number of phenols is 1. The standard InChI is InChI=1S/C38H52N4O12/c1-25(43)21-29(22-27-10-13-30(44)14-11-27)38(50)42-32(23-26-7-4-3-5-8-26)34(46)24-28(12-16-35(47)53-39)37(49)41-31(15-17-36(48)54-40)33(45)9-6-18-52-20-19-51-2/h3-5,7-8,10-11,13-14,28-29,31-32,44H,6,9,12,15-24,39-40H2,1-2H3,(H,41,49)(H,42,50)/t28-,29+,31+,32+/m0/s1.